The van der Waals surface area contributed by atoms with Crippen molar-refractivity contribution in [2.75, 3.05) is 18.4 Å². The minimum Gasteiger partial charge on any atom is -0.254 e. The number of rotatable bonds is 2. The van der Waals surface area contributed by atoms with Gasteiger partial charge in [-0.3, -0.25) is 4.31 Å². The fraction of sp³-hybridized carbons (Fsp3) is 0.455. The van der Waals surface area contributed by atoms with E-state index in [1.807, 2.05) is 31.2 Å². The third-order valence-corrected chi connectivity index (χ3v) is 4.83. The molecule has 0 amide bonds. The standard InChI is InChI=1S/C11H16N2O2S/c1-9-8-10-6-4-5-7-11(10)13(9)16(14,15)12(2)3/h4-7,9H,8H2,1-3H3/t9-/m1/s1. The highest BCUT2D eigenvalue weighted by atomic mass is 32.2. The van der Waals surface area contributed by atoms with Crippen LogP contribution in [-0.4, -0.2) is 32.9 Å². The summed E-state index contributed by atoms with van der Waals surface area (Å²) in [7, 11) is -0.256. The fourth-order valence-corrected chi connectivity index (χ4v) is 3.37. The first-order chi connectivity index (χ1) is 7.44. The van der Waals surface area contributed by atoms with Crippen LogP contribution < -0.4 is 4.31 Å². The second-order valence-electron chi connectivity index (χ2n) is 4.27. The molecule has 0 aliphatic carbocycles. The highest BCUT2D eigenvalue weighted by Crippen LogP contribution is 2.34. The van der Waals surface area contributed by atoms with Crippen molar-refractivity contribution in [3.63, 3.8) is 0 Å². The summed E-state index contributed by atoms with van der Waals surface area (Å²) in [4.78, 5) is 0. The van der Waals surface area contributed by atoms with Crippen molar-refractivity contribution >= 4 is 15.9 Å². The average Bonchev–Trinajstić information content (AvgIpc) is 2.53. The molecule has 0 bridgehead atoms. The van der Waals surface area contributed by atoms with Crippen LogP contribution in [0.3, 0.4) is 0 Å². The van der Waals surface area contributed by atoms with E-state index in [0.29, 0.717) is 0 Å². The van der Waals surface area contributed by atoms with E-state index < -0.39 is 10.2 Å². The quantitative estimate of drug-likeness (QED) is 0.780. The van der Waals surface area contributed by atoms with Crippen LogP contribution in [0.25, 0.3) is 0 Å². The molecule has 0 aromatic heterocycles. The summed E-state index contributed by atoms with van der Waals surface area (Å²) < 4.78 is 27.1. The topological polar surface area (TPSA) is 40.6 Å². The van der Waals surface area contributed by atoms with Gasteiger partial charge in [-0.25, -0.2) is 0 Å². The minimum atomic E-state index is -3.37. The maximum atomic E-state index is 12.2. The lowest BCUT2D eigenvalue weighted by Gasteiger charge is -2.27. The zero-order valence-corrected chi connectivity index (χ0v) is 10.5. The lowest BCUT2D eigenvalue weighted by molar-refractivity contribution is 0.510. The number of nitrogens with zero attached hydrogens (tertiary/aromatic N) is 2. The fourth-order valence-electron chi connectivity index (χ4n) is 2.06. The highest BCUT2D eigenvalue weighted by Gasteiger charge is 2.35. The molecule has 0 radical (unpaired) electrons. The molecular weight excluding hydrogens is 224 g/mol. The van der Waals surface area contributed by atoms with Crippen LogP contribution >= 0.6 is 0 Å². The lowest BCUT2D eigenvalue weighted by atomic mass is 10.1. The molecule has 0 unspecified atom stereocenters. The van der Waals surface area contributed by atoms with Gasteiger partial charge in [0.15, 0.2) is 0 Å². The Morgan fingerprint density at radius 3 is 2.56 bits per heavy atom. The molecule has 1 heterocycles. The van der Waals surface area contributed by atoms with Crippen LogP contribution in [0.15, 0.2) is 24.3 Å². The Bertz CT molecular complexity index is 496. The number of benzene rings is 1. The Labute approximate surface area is 96.7 Å². The molecular formula is C11H16N2O2S. The van der Waals surface area contributed by atoms with Crippen LogP contribution in [0, 0.1) is 0 Å². The van der Waals surface area contributed by atoms with Gasteiger partial charge in [0.1, 0.15) is 0 Å². The van der Waals surface area contributed by atoms with Crippen molar-refractivity contribution in [1.82, 2.24) is 4.31 Å². The molecule has 1 aliphatic rings. The SMILES string of the molecule is C[C@@H]1Cc2ccccc2N1S(=O)(=O)N(C)C. The van der Waals surface area contributed by atoms with Gasteiger partial charge in [-0.2, -0.15) is 12.7 Å². The van der Waals surface area contributed by atoms with Crippen molar-refractivity contribution < 1.29 is 8.42 Å². The normalized spacial score (nSPS) is 20.2. The van der Waals surface area contributed by atoms with Crippen molar-refractivity contribution in [3.8, 4) is 0 Å². The first-order valence-corrected chi connectivity index (χ1v) is 6.64. The Kier molecular flexibility index (Phi) is 2.67. The van der Waals surface area contributed by atoms with Crippen molar-refractivity contribution in [1.29, 1.82) is 0 Å². The summed E-state index contributed by atoms with van der Waals surface area (Å²) in [5, 5.41) is 0. The van der Waals surface area contributed by atoms with Crippen LogP contribution in [0.4, 0.5) is 5.69 Å². The summed E-state index contributed by atoms with van der Waals surface area (Å²) in [6.07, 6.45) is 0.781. The Balaban J connectivity index is 2.52. The van der Waals surface area contributed by atoms with Gasteiger partial charge in [0.05, 0.1) is 5.69 Å². The van der Waals surface area contributed by atoms with Gasteiger partial charge in [-0.15, -0.1) is 0 Å². The molecule has 0 spiro atoms. The number of hydrogen-bond donors (Lipinski definition) is 0. The van der Waals surface area contributed by atoms with Gasteiger partial charge in [0, 0.05) is 20.1 Å². The van der Waals surface area contributed by atoms with E-state index in [4.69, 9.17) is 0 Å². The van der Waals surface area contributed by atoms with Crippen LogP contribution in [-0.2, 0) is 16.6 Å². The predicted octanol–water partition coefficient (Wildman–Crippen LogP) is 1.24. The maximum absolute atomic E-state index is 12.2. The van der Waals surface area contributed by atoms with Crippen molar-refractivity contribution in [2.45, 2.75) is 19.4 Å². The molecule has 1 aliphatic heterocycles. The number of anilines is 1. The monoisotopic (exact) mass is 240 g/mol. The van der Waals surface area contributed by atoms with Gasteiger partial charge in [0.2, 0.25) is 0 Å². The van der Waals surface area contributed by atoms with E-state index in [0.717, 1.165) is 17.7 Å². The van der Waals surface area contributed by atoms with E-state index in [9.17, 15) is 8.42 Å². The lowest BCUT2D eigenvalue weighted by Crippen LogP contribution is -2.43. The molecule has 0 saturated carbocycles. The van der Waals surface area contributed by atoms with E-state index >= 15 is 0 Å². The minimum absolute atomic E-state index is 0.00944. The van der Waals surface area contributed by atoms with Crippen LogP contribution in [0.5, 0.6) is 0 Å². The number of para-hydroxylation sites is 1. The third kappa shape index (κ3) is 1.60. The zero-order valence-electron chi connectivity index (χ0n) is 9.71. The molecule has 16 heavy (non-hydrogen) atoms. The molecule has 1 aromatic carbocycles. The smallest absolute Gasteiger partial charge is 0.254 e. The molecule has 88 valence electrons. The predicted molar refractivity (Wildman–Crippen MR) is 64.7 cm³/mol. The largest absolute Gasteiger partial charge is 0.303 e. The molecule has 0 saturated heterocycles. The summed E-state index contributed by atoms with van der Waals surface area (Å²) >= 11 is 0. The molecule has 1 atom stereocenters. The molecule has 1 aromatic rings. The summed E-state index contributed by atoms with van der Waals surface area (Å²) in [6, 6.07) is 7.65. The Hall–Kier alpha value is -1.07. The first kappa shape index (κ1) is 11.4. The van der Waals surface area contributed by atoms with Gasteiger partial charge < -0.3 is 0 Å². The van der Waals surface area contributed by atoms with Crippen LogP contribution in [0.2, 0.25) is 0 Å². The Morgan fingerprint density at radius 1 is 1.31 bits per heavy atom. The van der Waals surface area contributed by atoms with Crippen molar-refractivity contribution in [2.24, 2.45) is 0 Å². The number of hydrogen-bond acceptors (Lipinski definition) is 2. The van der Waals surface area contributed by atoms with E-state index in [2.05, 4.69) is 0 Å². The molecule has 5 heteroatoms. The average molecular weight is 240 g/mol. The Morgan fingerprint density at radius 2 is 1.94 bits per heavy atom. The van der Waals surface area contributed by atoms with E-state index in [1.54, 1.807) is 14.1 Å². The van der Waals surface area contributed by atoms with Gasteiger partial charge in [0.25, 0.3) is 0 Å². The summed E-state index contributed by atoms with van der Waals surface area (Å²) in [5.41, 5.74) is 1.91. The second kappa shape index (κ2) is 3.75. The molecule has 0 N–H and O–H groups in total. The first-order valence-electron chi connectivity index (χ1n) is 5.24. The second-order valence-corrected chi connectivity index (χ2v) is 6.29. The van der Waals surface area contributed by atoms with Gasteiger partial charge in [-0.1, -0.05) is 18.2 Å². The molecule has 0 fully saturated rings. The highest BCUT2D eigenvalue weighted by molar-refractivity contribution is 7.90. The van der Waals surface area contributed by atoms with E-state index in [-0.39, 0.29) is 6.04 Å². The zero-order chi connectivity index (χ0) is 11.9. The number of fused-ring (bicyclic) bond motifs is 1. The molecule has 2 rings (SSSR count). The summed E-state index contributed by atoms with van der Waals surface area (Å²) in [5.74, 6) is 0. The van der Waals surface area contributed by atoms with Gasteiger partial charge in [-0.05, 0) is 25.0 Å². The van der Waals surface area contributed by atoms with E-state index in [1.165, 1.54) is 8.61 Å². The maximum Gasteiger partial charge on any atom is 0.303 e. The van der Waals surface area contributed by atoms with Gasteiger partial charge >= 0.3 is 10.2 Å². The summed E-state index contributed by atoms with van der Waals surface area (Å²) in [6.45, 7) is 1.93. The third-order valence-electron chi connectivity index (χ3n) is 2.85. The molecule has 4 nitrogen and oxygen atoms in total. The van der Waals surface area contributed by atoms with Crippen molar-refractivity contribution in [3.05, 3.63) is 29.8 Å². The van der Waals surface area contributed by atoms with Crippen LogP contribution in [0.1, 0.15) is 12.5 Å².